The number of hydrogen-bond acceptors (Lipinski definition) is 4. The SMILES string of the molecule is Clc1ccc2oc3cccc(-c4nc(-c5ccccc5)nc(-c5ccc(-c6ccccc6)cc5)n4)c3c2c1. The van der Waals surface area contributed by atoms with Crippen LogP contribution in [0, 0.1) is 0 Å². The van der Waals surface area contributed by atoms with E-state index in [-0.39, 0.29) is 0 Å². The van der Waals surface area contributed by atoms with Crippen LogP contribution in [-0.4, -0.2) is 15.0 Å². The standard InChI is InChI=1S/C33H20ClN3O/c34-25-18-19-28-27(20-25)30-26(12-7-13-29(30)38-28)33-36-31(23-10-5-2-6-11-23)35-32(37-33)24-16-14-22(15-17-24)21-8-3-1-4-9-21/h1-20H. The largest absolute Gasteiger partial charge is 0.456 e. The average Bonchev–Trinajstić information content (AvgIpc) is 3.36. The molecule has 0 aliphatic rings. The fraction of sp³-hybridized carbons (Fsp3) is 0. The van der Waals surface area contributed by atoms with E-state index in [9.17, 15) is 0 Å². The molecule has 0 saturated carbocycles. The summed E-state index contributed by atoms with van der Waals surface area (Å²) < 4.78 is 6.12. The Balaban J connectivity index is 1.43. The number of aromatic nitrogens is 3. The van der Waals surface area contributed by atoms with Crippen molar-refractivity contribution in [2.75, 3.05) is 0 Å². The molecule has 0 N–H and O–H groups in total. The first-order valence-corrected chi connectivity index (χ1v) is 12.7. The van der Waals surface area contributed by atoms with Gasteiger partial charge in [-0.2, -0.15) is 0 Å². The Morgan fingerprint density at radius 2 is 1.05 bits per heavy atom. The van der Waals surface area contributed by atoms with Gasteiger partial charge in [-0.15, -0.1) is 0 Å². The highest BCUT2D eigenvalue weighted by Gasteiger charge is 2.18. The molecule has 0 unspecified atom stereocenters. The quantitative estimate of drug-likeness (QED) is 0.237. The van der Waals surface area contributed by atoms with E-state index in [4.69, 9.17) is 31.0 Å². The molecule has 0 aliphatic carbocycles. The molecule has 2 aromatic heterocycles. The minimum atomic E-state index is 0.578. The second-order valence-electron chi connectivity index (χ2n) is 9.04. The molecule has 4 nitrogen and oxygen atoms in total. The minimum Gasteiger partial charge on any atom is -0.456 e. The van der Waals surface area contributed by atoms with Crippen LogP contribution in [0.5, 0.6) is 0 Å². The molecule has 7 rings (SSSR count). The van der Waals surface area contributed by atoms with Gasteiger partial charge < -0.3 is 4.42 Å². The maximum atomic E-state index is 6.36. The van der Waals surface area contributed by atoms with E-state index in [1.54, 1.807) is 0 Å². The lowest BCUT2D eigenvalue weighted by Gasteiger charge is -2.10. The van der Waals surface area contributed by atoms with E-state index in [0.717, 1.165) is 49.8 Å². The van der Waals surface area contributed by atoms with Crippen LogP contribution in [0.4, 0.5) is 0 Å². The third-order valence-corrected chi connectivity index (χ3v) is 6.85. The zero-order chi connectivity index (χ0) is 25.5. The van der Waals surface area contributed by atoms with Crippen molar-refractivity contribution in [1.82, 2.24) is 15.0 Å². The summed E-state index contributed by atoms with van der Waals surface area (Å²) in [6.45, 7) is 0. The molecule has 0 aliphatic heterocycles. The molecule has 0 radical (unpaired) electrons. The number of fused-ring (bicyclic) bond motifs is 3. The molecule has 180 valence electrons. The Bertz CT molecular complexity index is 1910. The first-order chi connectivity index (χ1) is 18.7. The molecule has 7 aromatic rings. The first kappa shape index (κ1) is 22.4. The van der Waals surface area contributed by atoms with Crippen LogP contribution in [0.15, 0.2) is 126 Å². The van der Waals surface area contributed by atoms with Crippen LogP contribution in [0.1, 0.15) is 0 Å². The molecule has 0 spiro atoms. The van der Waals surface area contributed by atoms with Crippen molar-refractivity contribution < 1.29 is 4.42 Å². The van der Waals surface area contributed by atoms with E-state index in [0.29, 0.717) is 22.5 Å². The van der Waals surface area contributed by atoms with Gasteiger partial charge in [-0.25, -0.2) is 15.0 Å². The van der Waals surface area contributed by atoms with Crippen LogP contribution in [0.3, 0.4) is 0 Å². The smallest absolute Gasteiger partial charge is 0.164 e. The van der Waals surface area contributed by atoms with E-state index in [1.807, 2.05) is 84.9 Å². The number of furan rings is 1. The number of benzene rings is 5. The molecule has 0 bridgehead atoms. The normalized spacial score (nSPS) is 11.3. The van der Waals surface area contributed by atoms with Gasteiger partial charge in [0.25, 0.3) is 0 Å². The molecule has 38 heavy (non-hydrogen) atoms. The summed E-state index contributed by atoms with van der Waals surface area (Å²) >= 11 is 6.36. The lowest BCUT2D eigenvalue weighted by atomic mass is 10.0. The zero-order valence-corrected chi connectivity index (χ0v) is 20.9. The average molecular weight is 510 g/mol. The summed E-state index contributed by atoms with van der Waals surface area (Å²) in [4.78, 5) is 14.8. The molecule has 0 atom stereocenters. The van der Waals surface area contributed by atoms with Gasteiger partial charge in [0.15, 0.2) is 17.5 Å². The number of halogens is 1. The second kappa shape index (κ2) is 9.25. The highest BCUT2D eigenvalue weighted by molar-refractivity contribution is 6.32. The molecule has 2 heterocycles. The van der Waals surface area contributed by atoms with Crippen molar-refractivity contribution in [3.05, 3.63) is 126 Å². The molecule has 0 saturated heterocycles. The van der Waals surface area contributed by atoms with Crippen LogP contribution < -0.4 is 0 Å². The Hall–Kier alpha value is -4.80. The zero-order valence-electron chi connectivity index (χ0n) is 20.2. The van der Waals surface area contributed by atoms with Gasteiger partial charge in [-0.3, -0.25) is 0 Å². The van der Waals surface area contributed by atoms with Crippen LogP contribution in [0.25, 0.3) is 67.2 Å². The van der Waals surface area contributed by atoms with Crippen molar-refractivity contribution in [2.24, 2.45) is 0 Å². The number of nitrogens with zero attached hydrogens (tertiary/aromatic N) is 3. The maximum Gasteiger partial charge on any atom is 0.164 e. The van der Waals surface area contributed by atoms with Gasteiger partial charge in [-0.1, -0.05) is 109 Å². The van der Waals surface area contributed by atoms with Crippen molar-refractivity contribution in [2.45, 2.75) is 0 Å². The molecule has 0 fully saturated rings. The van der Waals surface area contributed by atoms with Crippen molar-refractivity contribution in [3.8, 4) is 45.3 Å². The van der Waals surface area contributed by atoms with Gasteiger partial charge >= 0.3 is 0 Å². The first-order valence-electron chi connectivity index (χ1n) is 12.3. The second-order valence-corrected chi connectivity index (χ2v) is 9.47. The number of hydrogen-bond donors (Lipinski definition) is 0. The third-order valence-electron chi connectivity index (χ3n) is 6.62. The topological polar surface area (TPSA) is 51.8 Å². The Labute approximate surface area is 224 Å². The fourth-order valence-corrected chi connectivity index (χ4v) is 4.94. The van der Waals surface area contributed by atoms with E-state index in [1.165, 1.54) is 0 Å². The van der Waals surface area contributed by atoms with E-state index in [2.05, 4.69) is 36.4 Å². The van der Waals surface area contributed by atoms with Gasteiger partial charge in [0.05, 0.1) is 0 Å². The highest BCUT2D eigenvalue weighted by atomic mass is 35.5. The summed E-state index contributed by atoms with van der Waals surface area (Å²) in [6, 6.07) is 40.2. The third kappa shape index (κ3) is 4.01. The molecule has 5 aromatic carbocycles. The monoisotopic (exact) mass is 509 g/mol. The lowest BCUT2D eigenvalue weighted by Crippen LogP contribution is -2.00. The predicted molar refractivity (Wildman–Crippen MR) is 154 cm³/mol. The predicted octanol–water partition coefficient (Wildman–Crippen LogP) is 9.09. The highest BCUT2D eigenvalue weighted by Crippen LogP contribution is 2.37. The van der Waals surface area contributed by atoms with Gasteiger partial charge in [0.1, 0.15) is 11.2 Å². The summed E-state index contributed by atoms with van der Waals surface area (Å²) in [5, 5.41) is 2.51. The van der Waals surface area contributed by atoms with Crippen LogP contribution in [-0.2, 0) is 0 Å². The summed E-state index contributed by atoms with van der Waals surface area (Å²) in [5.41, 5.74) is 6.53. The van der Waals surface area contributed by atoms with E-state index < -0.39 is 0 Å². The van der Waals surface area contributed by atoms with Gasteiger partial charge in [-0.05, 0) is 35.4 Å². The summed E-state index contributed by atoms with van der Waals surface area (Å²) in [5.74, 6) is 1.80. The number of rotatable bonds is 4. The molecule has 0 amide bonds. The molecule has 5 heteroatoms. The van der Waals surface area contributed by atoms with Crippen molar-refractivity contribution >= 4 is 33.5 Å². The Morgan fingerprint density at radius 1 is 0.474 bits per heavy atom. The Kier molecular flexibility index (Phi) is 5.46. The maximum absolute atomic E-state index is 6.36. The van der Waals surface area contributed by atoms with Crippen molar-refractivity contribution in [1.29, 1.82) is 0 Å². The van der Waals surface area contributed by atoms with Gasteiger partial charge in [0.2, 0.25) is 0 Å². The fourth-order valence-electron chi connectivity index (χ4n) is 4.77. The van der Waals surface area contributed by atoms with Gasteiger partial charge in [0, 0.05) is 32.5 Å². The summed E-state index contributed by atoms with van der Waals surface area (Å²) in [6.07, 6.45) is 0. The minimum absolute atomic E-state index is 0.578. The Morgan fingerprint density at radius 3 is 1.76 bits per heavy atom. The van der Waals surface area contributed by atoms with Crippen molar-refractivity contribution in [3.63, 3.8) is 0 Å². The molecular weight excluding hydrogens is 490 g/mol. The van der Waals surface area contributed by atoms with E-state index >= 15 is 0 Å². The van der Waals surface area contributed by atoms with Crippen LogP contribution >= 0.6 is 11.6 Å². The van der Waals surface area contributed by atoms with Crippen LogP contribution in [0.2, 0.25) is 5.02 Å². The molecular formula is C33H20ClN3O. The summed E-state index contributed by atoms with van der Waals surface area (Å²) in [7, 11) is 0. The lowest BCUT2D eigenvalue weighted by molar-refractivity contribution is 0.669.